The Morgan fingerprint density at radius 1 is 1.26 bits per heavy atom. The Bertz CT molecular complexity index is 808. The van der Waals surface area contributed by atoms with Crippen LogP contribution >= 0.6 is 12.4 Å². The van der Waals surface area contributed by atoms with Crippen LogP contribution in [0.25, 0.3) is 0 Å². The van der Waals surface area contributed by atoms with E-state index in [-0.39, 0.29) is 36.3 Å². The topological polar surface area (TPSA) is 78.5 Å². The van der Waals surface area contributed by atoms with Crippen LogP contribution in [0.4, 0.5) is 15.8 Å². The summed E-state index contributed by atoms with van der Waals surface area (Å²) in [5.41, 5.74) is 0.450. The molecule has 2 unspecified atom stereocenters. The first kappa shape index (κ1) is 20.4. The number of rotatable bonds is 4. The summed E-state index contributed by atoms with van der Waals surface area (Å²) >= 11 is 0. The van der Waals surface area contributed by atoms with Gasteiger partial charge in [0.05, 0.1) is 11.4 Å². The predicted molar refractivity (Wildman–Crippen MR) is 105 cm³/mol. The summed E-state index contributed by atoms with van der Waals surface area (Å²) in [6.45, 7) is 0.272. The highest BCUT2D eigenvalue weighted by atomic mass is 35.5. The quantitative estimate of drug-likeness (QED) is 0.789. The van der Waals surface area contributed by atoms with Crippen molar-refractivity contribution in [2.24, 2.45) is 5.92 Å². The van der Waals surface area contributed by atoms with Crippen molar-refractivity contribution < 1.29 is 17.6 Å². The summed E-state index contributed by atoms with van der Waals surface area (Å²) in [6.07, 6.45) is 5.35. The summed E-state index contributed by atoms with van der Waals surface area (Å²) in [4.78, 5) is 12.4. The first-order valence-corrected chi connectivity index (χ1v) is 10.9. The van der Waals surface area contributed by atoms with Gasteiger partial charge in [-0.3, -0.25) is 9.10 Å². The fraction of sp³-hybridized carbons (Fsp3) is 0.611. The lowest BCUT2D eigenvalue weighted by Crippen LogP contribution is -2.39. The van der Waals surface area contributed by atoms with Crippen molar-refractivity contribution in [1.82, 2.24) is 5.32 Å². The lowest BCUT2D eigenvalue weighted by molar-refractivity contribution is -0.117. The van der Waals surface area contributed by atoms with Crippen LogP contribution in [0.5, 0.6) is 0 Å². The largest absolute Gasteiger partial charge is 0.326 e. The van der Waals surface area contributed by atoms with Crippen molar-refractivity contribution in [2.75, 3.05) is 21.9 Å². The van der Waals surface area contributed by atoms with E-state index in [0.717, 1.165) is 17.1 Å². The highest BCUT2D eigenvalue weighted by molar-refractivity contribution is 7.93. The Hall–Kier alpha value is -1.38. The molecule has 0 aliphatic carbocycles. The van der Waals surface area contributed by atoms with Gasteiger partial charge in [0.2, 0.25) is 15.9 Å². The summed E-state index contributed by atoms with van der Waals surface area (Å²) in [6, 6.07) is 5.17. The molecular weight excluding hydrogens is 393 g/mol. The Morgan fingerprint density at radius 3 is 2.59 bits per heavy atom. The molecule has 0 saturated carbocycles. The molecule has 27 heavy (non-hydrogen) atoms. The zero-order valence-electron chi connectivity index (χ0n) is 15.0. The van der Waals surface area contributed by atoms with Crippen LogP contribution in [0.1, 0.15) is 38.5 Å². The number of hydrogen-bond acceptors (Lipinski definition) is 4. The van der Waals surface area contributed by atoms with E-state index in [1.54, 1.807) is 0 Å². The average Bonchev–Trinajstić information content (AvgIpc) is 3.10. The number of benzene rings is 1. The van der Waals surface area contributed by atoms with Crippen LogP contribution in [0.15, 0.2) is 18.2 Å². The molecule has 3 heterocycles. The maximum Gasteiger partial charge on any atom is 0.235 e. The SMILES string of the molecule is Cl.O=C(CC1CC2CCC(C1)N2)Nc1ccc(F)c(N2CCCS2(=O)=O)c1. The monoisotopic (exact) mass is 417 g/mol. The molecule has 150 valence electrons. The third-order valence-corrected chi connectivity index (χ3v) is 7.50. The predicted octanol–water partition coefficient (Wildman–Crippen LogP) is 2.65. The van der Waals surface area contributed by atoms with Gasteiger partial charge in [0.15, 0.2) is 0 Å². The van der Waals surface area contributed by atoms with E-state index in [1.807, 2.05) is 0 Å². The second-order valence-electron chi connectivity index (χ2n) is 7.64. The van der Waals surface area contributed by atoms with Gasteiger partial charge < -0.3 is 10.6 Å². The van der Waals surface area contributed by atoms with Crippen LogP contribution in [0, 0.1) is 11.7 Å². The molecule has 1 aromatic rings. The van der Waals surface area contributed by atoms with E-state index in [4.69, 9.17) is 0 Å². The lowest BCUT2D eigenvalue weighted by atomic mass is 9.89. The number of sulfonamides is 1. The van der Waals surface area contributed by atoms with Crippen molar-refractivity contribution in [1.29, 1.82) is 0 Å². The van der Waals surface area contributed by atoms with Gasteiger partial charge >= 0.3 is 0 Å². The number of carbonyl (C=O) groups is 1. The van der Waals surface area contributed by atoms with Gasteiger partial charge in [-0.1, -0.05) is 0 Å². The smallest absolute Gasteiger partial charge is 0.235 e. The van der Waals surface area contributed by atoms with Crippen molar-refractivity contribution in [3.63, 3.8) is 0 Å². The number of nitrogens with one attached hydrogen (secondary N) is 2. The number of carbonyl (C=O) groups excluding carboxylic acids is 1. The second-order valence-corrected chi connectivity index (χ2v) is 9.65. The number of hydrogen-bond donors (Lipinski definition) is 2. The van der Waals surface area contributed by atoms with Crippen LogP contribution in [0.3, 0.4) is 0 Å². The van der Waals surface area contributed by atoms with E-state index in [1.165, 1.54) is 31.0 Å². The fourth-order valence-electron chi connectivity index (χ4n) is 4.51. The molecule has 0 spiro atoms. The molecular formula is C18H25ClFN3O3S. The van der Waals surface area contributed by atoms with Gasteiger partial charge in [0.1, 0.15) is 5.82 Å². The van der Waals surface area contributed by atoms with Gasteiger partial charge in [-0.2, -0.15) is 0 Å². The number of fused-ring (bicyclic) bond motifs is 2. The molecule has 1 aromatic carbocycles. The number of halogens is 2. The van der Waals surface area contributed by atoms with Crippen LogP contribution < -0.4 is 14.9 Å². The van der Waals surface area contributed by atoms with Gasteiger partial charge in [-0.25, -0.2) is 12.8 Å². The van der Waals surface area contributed by atoms with E-state index in [2.05, 4.69) is 10.6 Å². The minimum atomic E-state index is -3.46. The lowest BCUT2D eigenvalue weighted by Gasteiger charge is -2.28. The third kappa shape index (κ3) is 4.38. The van der Waals surface area contributed by atoms with E-state index in [9.17, 15) is 17.6 Å². The van der Waals surface area contributed by atoms with Crippen LogP contribution in [-0.2, 0) is 14.8 Å². The molecule has 3 aliphatic rings. The van der Waals surface area contributed by atoms with E-state index in [0.29, 0.717) is 36.5 Å². The summed E-state index contributed by atoms with van der Waals surface area (Å²) < 4.78 is 39.3. The Labute approximate surface area is 165 Å². The van der Waals surface area contributed by atoms with Crippen LogP contribution in [-0.4, -0.2) is 38.7 Å². The molecule has 2 atom stereocenters. The van der Waals surface area contributed by atoms with Crippen molar-refractivity contribution >= 4 is 39.7 Å². The number of amides is 1. The normalized spacial score (nSPS) is 28.6. The molecule has 2 N–H and O–H groups in total. The molecule has 0 aromatic heterocycles. The number of anilines is 2. The van der Waals surface area contributed by atoms with E-state index >= 15 is 0 Å². The third-order valence-electron chi connectivity index (χ3n) is 5.64. The van der Waals surface area contributed by atoms with E-state index < -0.39 is 15.8 Å². The zero-order valence-corrected chi connectivity index (χ0v) is 16.6. The van der Waals surface area contributed by atoms with Gasteiger partial charge in [0.25, 0.3) is 0 Å². The molecule has 3 saturated heterocycles. The zero-order chi connectivity index (χ0) is 18.3. The second kappa shape index (κ2) is 7.93. The molecule has 4 rings (SSSR count). The minimum Gasteiger partial charge on any atom is -0.326 e. The van der Waals surface area contributed by atoms with Crippen molar-refractivity contribution in [3.8, 4) is 0 Å². The molecule has 9 heteroatoms. The summed E-state index contributed by atoms with van der Waals surface area (Å²) in [5.74, 6) is -0.296. The van der Waals surface area contributed by atoms with Gasteiger partial charge in [-0.05, 0) is 56.2 Å². The Balaban J connectivity index is 0.00000210. The molecule has 6 nitrogen and oxygen atoms in total. The molecule has 0 radical (unpaired) electrons. The first-order valence-electron chi connectivity index (χ1n) is 9.26. The molecule has 3 fully saturated rings. The molecule has 3 aliphatic heterocycles. The Kier molecular flexibility index (Phi) is 5.98. The maximum atomic E-state index is 14.1. The number of nitrogens with zero attached hydrogens (tertiary/aromatic N) is 1. The summed E-state index contributed by atoms with van der Waals surface area (Å²) in [7, 11) is -3.46. The highest BCUT2D eigenvalue weighted by Crippen LogP contribution is 2.33. The van der Waals surface area contributed by atoms with Gasteiger partial charge in [0, 0.05) is 30.7 Å². The van der Waals surface area contributed by atoms with Crippen LogP contribution in [0.2, 0.25) is 0 Å². The standard InChI is InChI=1S/C18H24FN3O3S.ClH/c19-16-5-4-15(11-17(16)22-6-1-7-26(22,24)25)21-18(23)10-12-8-13-2-3-14(9-12)20-13;/h4-5,11-14,20H,1-3,6-10H2,(H,21,23);1H. The first-order chi connectivity index (χ1) is 12.4. The van der Waals surface area contributed by atoms with Crippen molar-refractivity contribution in [3.05, 3.63) is 24.0 Å². The number of piperidine rings is 1. The fourth-order valence-corrected chi connectivity index (χ4v) is 6.07. The summed E-state index contributed by atoms with van der Waals surface area (Å²) in [5, 5.41) is 6.37. The average molecular weight is 418 g/mol. The minimum absolute atomic E-state index is 0. The molecule has 2 bridgehead atoms. The highest BCUT2D eigenvalue weighted by Gasteiger charge is 2.34. The van der Waals surface area contributed by atoms with Gasteiger partial charge in [-0.15, -0.1) is 12.4 Å². The maximum absolute atomic E-state index is 14.1. The van der Waals surface area contributed by atoms with Crippen molar-refractivity contribution in [2.45, 2.75) is 50.6 Å². The molecule has 1 amide bonds. The Morgan fingerprint density at radius 2 is 1.96 bits per heavy atom.